The third kappa shape index (κ3) is 8.15. The van der Waals surface area contributed by atoms with Crippen LogP contribution in [0.5, 0.6) is 17.2 Å². The Kier molecular flexibility index (Phi) is 11.8. The molecule has 6 rings (SSSR count). The van der Waals surface area contributed by atoms with Gasteiger partial charge in [-0.2, -0.15) is 0 Å². The molecule has 0 bridgehead atoms. The molecule has 0 unspecified atom stereocenters. The van der Waals surface area contributed by atoms with E-state index < -0.39 is 0 Å². The molecule has 0 saturated carbocycles. The maximum Gasteiger partial charge on any atom is 3.00 e. The van der Waals surface area contributed by atoms with Crippen LogP contribution in [0.2, 0.25) is 0 Å². The fraction of sp³-hybridized carbons (Fsp3) is 0.0690. The van der Waals surface area contributed by atoms with E-state index in [1.807, 2.05) is 54.6 Å². The smallest absolute Gasteiger partial charge is 0.871 e. The van der Waals surface area contributed by atoms with Crippen molar-refractivity contribution in [1.29, 1.82) is 0 Å². The number of hydrogen-bond acceptors (Lipinski definition) is 7. The van der Waals surface area contributed by atoms with Gasteiger partial charge in [-0.3, -0.25) is 15.0 Å². The first-order chi connectivity index (χ1) is 17.5. The molecule has 0 fully saturated rings. The first-order valence-corrected chi connectivity index (χ1v) is 11.2. The molecule has 0 aliphatic carbocycles. The van der Waals surface area contributed by atoms with Crippen LogP contribution in [0.3, 0.4) is 0 Å². The summed E-state index contributed by atoms with van der Waals surface area (Å²) in [5.41, 5.74) is 1.65. The molecule has 0 aliphatic rings. The molecule has 186 valence electrons. The van der Waals surface area contributed by atoms with Crippen LogP contribution in [0.4, 0.5) is 0 Å². The summed E-state index contributed by atoms with van der Waals surface area (Å²) in [5, 5.41) is 43.6. The van der Waals surface area contributed by atoms with Gasteiger partial charge in [-0.1, -0.05) is 90.0 Å². The Hall–Kier alpha value is -4.23. The Morgan fingerprint density at radius 3 is 1.00 bits per heavy atom. The zero-order chi connectivity index (χ0) is 25.8. The van der Waals surface area contributed by atoms with E-state index in [9.17, 15) is 15.3 Å². The number of hydrogen-bond donors (Lipinski definition) is 1. The van der Waals surface area contributed by atoms with E-state index in [-0.39, 0.29) is 40.9 Å². The van der Waals surface area contributed by atoms with E-state index in [4.69, 9.17) is 5.11 Å². The summed E-state index contributed by atoms with van der Waals surface area (Å²) in [6.45, 7) is 1.93. The van der Waals surface area contributed by atoms with Crippen LogP contribution in [-0.2, 0) is 17.1 Å². The largest absolute Gasteiger partial charge is 3.00 e. The second kappa shape index (κ2) is 15.0. The van der Waals surface area contributed by atoms with Gasteiger partial charge in [0, 0.05) is 25.2 Å². The molecule has 37 heavy (non-hydrogen) atoms. The Morgan fingerprint density at radius 1 is 0.514 bits per heavy atom. The molecule has 0 radical (unpaired) electrons. The normalized spacial score (nSPS) is 9.57. The number of nitrogens with zero attached hydrogens (tertiary/aromatic N) is 3. The van der Waals surface area contributed by atoms with Gasteiger partial charge in [-0.05, 0) is 41.3 Å². The minimum atomic E-state index is -0.0110. The fourth-order valence-electron chi connectivity index (χ4n) is 3.23. The maximum absolute atomic E-state index is 11.1. The fourth-order valence-corrected chi connectivity index (χ4v) is 3.23. The predicted molar refractivity (Wildman–Crippen MR) is 136 cm³/mol. The molecule has 3 aromatic heterocycles. The Labute approximate surface area is 225 Å². The number of para-hydroxylation sites is 3. The van der Waals surface area contributed by atoms with Gasteiger partial charge in [0.2, 0.25) is 0 Å². The number of aliphatic hydroxyl groups is 1. The van der Waals surface area contributed by atoms with E-state index in [1.165, 1.54) is 18.2 Å². The van der Waals surface area contributed by atoms with E-state index >= 15 is 0 Å². The monoisotopic (exact) mass is 533 g/mol. The molecule has 8 heteroatoms. The third-order valence-corrected chi connectivity index (χ3v) is 4.79. The molecule has 1 N–H and O–H groups in total. The van der Waals surface area contributed by atoms with Gasteiger partial charge in [0.05, 0.1) is 16.6 Å². The quantitative estimate of drug-likeness (QED) is 0.293. The number of aliphatic hydroxyl groups excluding tert-OH is 1. The van der Waals surface area contributed by atoms with Gasteiger partial charge in [0.15, 0.2) is 0 Å². The number of rotatable bonds is 0. The average molecular weight is 533 g/mol. The number of fused-ring (bicyclic) bond motifs is 3. The molecule has 3 aromatic carbocycles. The zero-order valence-corrected chi connectivity index (χ0v) is 21.2. The average Bonchev–Trinajstić information content (AvgIpc) is 2.91. The van der Waals surface area contributed by atoms with Gasteiger partial charge in [0.1, 0.15) is 0 Å². The van der Waals surface area contributed by atoms with Crippen molar-refractivity contribution in [2.75, 3.05) is 6.61 Å². The number of pyridine rings is 3. The molecule has 3 heterocycles. The molecule has 7 nitrogen and oxygen atoms in total. The number of benzene rings is 3. The van der Waals surface area contributed by atoms with Gasteiger partial charge in [-0.25, -0.2) is 0 Å². The zero-order valence-electron chi connectivity index (χ0n) is 20.0. The van der Waals surface area contributed by atoms with Crippen LogP contribution in [0.25, 0.3) is 32.7 Å². The van der Waals surface area contributed by atoms with E-state index in [0.29, 0.717) is 16.6 Å². The third-order valence-electron chi connectivity index (χ3n) is 4.79. The van der Waals surface area contributed by atoms with E-state index in [1.54, 1.807) is 43.7 Å². The molecule has 0 saturated heterocycles. The summed E-state index contributed by atoms with van der Waals surface area (Å²) in [6, 6.07) is 26.5. The summed E-state index contributed by atoms with van der Waals surface area (Å²) >= 11 is 0. The summed E-state index contributed by atoms with van der Waals surface area (Å²) in [7, 11) is 0. The van der Waals surface area contributed by atoms with Crippen molar-refractivity contribution in [2.24, 2.45) is 0 Å². The van der Waals surface area contributed by atoms with Crippen LogP contribution in [0.1, 0.15) is 6.92 Å². The maximum atomic E-state index is 11.1. The van der Waals surface area contributed by atoms with Crippen LogP contribution < -0.4 is 15.3 Å². The van der Waals surface area contributed by atoms with Gasteiger partial charge < -0.3 is 20.4 Å². The first-order valence-electron chi connectivity index (χ1n) is 11.2. The van der Waals surface area contributed by atoms with Crippen molar-refractivity contribution in [1.82, 2.24) is 15.0 Å². The van der Waals surface area contributed by atoms with Crippen molar-refractivity contribution in [3.8, 4) is 17.2 Å². The number of aromatic nitrogens is 3. The molecule has 0 atom stereocenters. The van der Waals surface area contributed by atoms with Crippen molar-refractivity contribution < 1.29 is 37.5 Å². The van der Waals surface area contributed by atoms with Gasteiger partial charge in [-0.15, -0.1) is 0 Å². The second-order valence-electron chi connectivity index (χ2n) is 7.31. The molecule has 0 spiro atoms. The SMILES string of the molecule is CCO.[Mn+3].[O-]c1cccc2cccnc12.[O-]c1cccc2cccnc12.[O-]c1cccc2cccnc12. The minimum Gasteiger partial charge on any atom is -0.871 e. The Bertz CT molecular complexity index is 1350. The summed E-state index contributed by atoms with van der Waals surface area (Å²) < 4.78 is 0. The Morgan fingerprint density at radius 2 is 0.757 bits per heavy atom. The molecule has 0 amide bonds. The van der Waals surface area contributed by atoms with Crippen LogP contribution in [-0.4, -0.2) is 26.7 Å². The van der Waals surface area contributed by atoms with Crippen LogP contribution >= 0.6 is 0 Å². The molecule has 6 aromatic rings. The summed E-state index contributed by atoms with van der Waals surface area (Å²) in [4.78, 5) is 11.9. The van der Waals surface area contributed by atoms with Crippen LogP contribution in [0.15, 0.2) is 110 Å². The topological polar surface area (TPSA) is 128 Å². The summed E-state index contributed by atoms with van der Waals surface area (Å²) in [5.74, 6) is -0.0331. The van der Waals surface area contributed by atoms with E-state index in [2.05, 4.69) is 15.0 Å². The van der Waals surface area contributed by atoms with Crippen molar-refractivity contribution >= 4 is 32.7 Å². The second-order valence-corrected chi connectivity index (χ2v) is 7.31. The molecule has 0 aliphatic heterocycles. The Balaban J connectivity index is 0.000000183. The van der Waals surface area contributed by atoms with Gasteiger partial charge in [0.25, 0.3) is 0 Å². The van der Waals surface area contributed by atoms with Crippen LogP contribution in [0, 0.1) is 0 Å². The molecular weight excluding hydrogens is 509 g/mol. The minimum absolute atomic E-state index is 0. The van der Waals surface area contributed by atoms with Crippen molar-refractivity contribution in [3.05, 3.63) is 110 Å². The van der Waals surface area contributed by atoms with Gasteiger partial charge >= 0.3 is 17.1 Å². The van der Waals surface area contributed by atoms with Crippen molar-refractivity contribution in [3.63, 3.8) is 0 Å². The van der Waals surface area contributed by atoms with E-state index in [0.717, 1.165) is 16.2 Å². The molecular formula is C29H24MnN3O4. The standard InChI is InChI=1S/3C9H7NO.C2H6O.Mn/c3*11-8-5-1-3-7-4-2-6-10-9(7)8;1-2-3;/h3*1-6,11H;3H,2H2,1H3;/q;;;;+3/p-3. The predicted octanol–water partition coefficient (Wildman–Crippen LogP) is 3.92. The van der Waals surface area contributed by atoms with Crippen molar-refractivity contribution in [2.45, 2.75) is 6.92 Å². The first kappa shape index (κ1) is 29.0. The summed E-state index contributed by atoms with van der Waals surface area (Å²) in [6.07, 6.45) is 4.89.